The molecular formula is C18H16N8. The molecule has 1 N–H and O–H groups in total. The first-order valence-electron chi connectivity index (χ1n) is 8.70. The molecular weight excluding hydrogens is 328 g/mol. The van der Waals surface area contributed by atoms with Crippen molar-refractivity contribution in [2.75, 3.05) is 0 Å². The molecule has 4 aromatic heterocycles. The second-order valence-corrected chi connectivity index (χ2v) is 6.81. The number of hydrogen-bond donors (Lipinski definition) is 1. The van der Waals surface area contributed by atoms with Gasteiger partial charge in [0.25, 0.3) is 0 Å². The molecule has 128 valence electrons. The number of aromatic nitrogens is 7. The van der Waals surface area contributed by atoms with Gasteiger partial charge in [-0.1, -0.05) is 0 Å². The first-order chi connectivity index (χ1) is 12.8. The van der Waals surface area contributed by atoms with Crippen molar-refractivity contribution in [2.24, 2.45) is 5.92 Å². The Morgan fingerprint density at radius 1 is 1.15 bits per heavy atom. The number of nitrogens with zero attached hydrogens (tertiary/aromatic N) is 7. The maximum Gasteiger partial charge on any atom is 0.179 e. The van der Waals surface area contributed by atoms with E-state index in [1.165, 1.54) is 0 Å². The summed E-state index contributed by atoms with van der Waals surface area (Å²) in [5.74, 6) is 1.93. The summed E-state index contributed by atoms with van der Waals surface area (Å²) in [4.78, 5) is 16.0. The van der Waals surface area contributed by atoms with E-state index in [0.717, 1.165) is 54.0 Å². The van der Waals surface area contributed by atoms with Gasteiger partial charge in [0.05, 0.1) is 23.6 Å². The standard InChI is InChI=1S/C18H16N8/c19-7-14-9-21-13(8-22-14)6-11-1-2-12(5-11)18-25-24-16-10-23-17-15(26(16)18)3-4-20-17/h3-4,8-12,20H,1-2,5-6H2/t11-,12-/m1/s1. The molecule has 0 radical (unpaired) electrons. The van der Waals surface area contributed by atoms with Gasteiger partial charge in [0.15, 0.2) is 17.0 Å². The highest BCUT2D eigenvalue weighted by Crippen LogP contribution is 2.39. The molecule has 0 unspecified atom stereocenters. The van der Waals surface area contributed by atoms with Gasteiger partial charge in [-0.2, -0.15) is 5.26 Å². The zero-order valence-electron chi connectivity index (χ0n) is 14.0. The summed E-state index contributed by atoms with van der Waals surface area (Å²) in [5.41, 5.74) is 3.95. The highest BCUT2D eigenvalue weighted by molar-refractivity contribution is 5.74. The van der Waals surface area contributed by atoms with Crippen molar-refractivity contribution >= 4 is 16.8 Å². The lowest BCUT2D eigenvalue weighted by molar-refractivity contribution is 0.522. The third-order valence-electron chi connectivity index (χ3n) is 5.19. The van der Waals surface area contributed by atoms with E-state index < -0.39 is 0 Å². The van der Waals surface area contributed by atoms with E-state index in [0.29, 0.717) is 17.5 Å². The maximum atomic E-state index is 8.82. The topological polar surface area (TPSA) is 108 Å². The monoisotopic (exact) mass is 344 g/mol. The van der Waals surface area contributed by atoms with E-state index in [4.69, 9.17) is 5.26 Å². The zero-order valence-corrected chi connectivity index (χ0v) is 14.0. The quantitative estimate of drug-likeness (QED) is 0.611. The fourth-order valence-corrected chi connectivity index (χ4v) is 3.97. The van der Waals surface area contributed by atoms with Crippen LogP contribution in [0.15, 0.2) is 30.9 Å². The smallest absolute Gasteiger partial charge is 0.179 e. The molecule has 5 rings (SSSR count). The lowest BCUT2D eigenvalue weighted by atomic mass is 9.99. The van der Waals surface area contributed by atoms with Gasteiger partial charge >= 0.3 is 0 Å². The molecule has 2 atom stereocenters. The highest BCUT2D eigenvalue weighted by atomic mass is 15.3. The minimum atomic E-state index is 0.358. The van der Waals surface area contributed by atoms with Crippen LogP contribution in [0.2, 0.25) is 0 Å². The summed E-state index contributed by atoms with van der Waals surface area (Å²) >= 11 is 0. The van der Waals surface area contributed by atoms with E-state index >= 15 is 0 Å². The Kier molecular flexibility index (Phi) is 3.38. The van der Waals surface area contributed by atoms with Gasteiger partial charge in [0, 0.05) is 18.3 Å². The molecule has 8 nitrogen and oxygen atoms in total. The molecule has 26 heavy (non-hydrogen) atoms. The molecule has 1 fully saturated rings. The summed E-state index contributed by atoms with van der Waals surface area (Å²) in [7, 11) is 0. The summed E-state index contributed by atoms with van der Waals surface area (Å²) in [6.45, 7) is 0. The van der Waals surface area contributed by atoms with Crippen molar-refractivity contribution in [1.29, 1.82) is 5.26 Å². The van der Waals surface area contributed by atoms with E-state index in [9.17, 15) is 0 Å². The minimum absolute atomic E-state index is 0.358. The van der Waals surface area contributed by atoms with Crippen LogP contribution in [0.4, 0.5) is 0 Å². The fraction of sp³-hybridized carbons (Fsp3) is 0.333. The second kappa shape index (κ2) is 5.88. The van der Waals surface area contributed by atoms with Crippen LogP contribution < -0.4 is 0 Å². The minimum Gasteiger partial charge on any atom is -0.345 e. The molecule has 0 bridgehead atoms. The summed E-state index contributed by atoms with van der Waals surface area (Å²) in [5, 5.41) is 17.6. The lowest BCUT2D eigenvalue weighted by Gasteiger charge is -2.10. The fourth-order valence-electron chi connectivity index (χ4n) is 3.97. The molecule has 4 heterocycles. The number of H-pyrrole nitrogens is 1. The molecule has 0 aromatic carbocycles. The number of aromatic amines is 1. The van der Waals surface area contributed by atoms with Crippen molar-refractivity contribution in [1.82, 2.24) is 34.5 Å². The lowest BCUT2D eigenvalue weighted by Crippen LogP contribution is -2.05. The molecule has 1 aliphatic carbocycles. The molecule has 1 saturated carbocycles. The first kappa shape index (κ1) is 15.0. The van der Waals surface area contributed by atoms with Crippen LogP contribution in [0.5, 0.6) is 0 Å². The number of hydrogen-bond acceptors (Lipinski definition) is 6. The number of rotatable bonds is 3. The Labute approximate surface area is 149 Å². The van der Waals surface area contributed by atoms with Crippen molar-refractivity contribution < 1.29 is 0 Å². The Bertz CT molecular complexity index is 1120. The molecule has 0 saturated heterocycles. The van der Waals surface area contributed by atoms with Crippen molar-refractivity contribution in [3.8, 4) is 6.07 Å². The average molecular weight is 344 g/mol. The third kappa shape index (κ3) is 2.40. The van der Waals surface area contributed by atoms with Gasteiger partial charge in [-0.25, -0.2) is 9.97 Å². The van der Waals surface area contributed by atoms with Crippen LogP contribution in [0.25, 0.3) is 16.8 Å². The molecule has 8 heteroatoms. The Morgan fingerprint density at radius 2 is 2.12 bits per heavy atom. The van der Waals surface area contributed by atoms with Crippen LogP contribution in [0, 0.1) is 17.2 Å². The number of fused-ring (bicyclic) bond motifs is 3. The van der Waals surface area contributed by atoms with Gasteiger partial charge in [-0.3, -0.25) is 9.38 Å². The van der Waals surface area contributed by atoms with Gasteiger partial charge in [-0.15, -0.1) is 10.2 Å². The maximum absolute atomic E-state index is 8.82. The summed E-state index contributed by atoms with van der Waals surface area (Å²) in [6, 6.07) is 4.02. The van der Waals surface area contributed by atoms with E-state index in [1.54, 1.807) is 18.6 Å². The Hall–Kier alpha value is -3.34. The summed E-state index contributed by atoms with van der Waals surface area (Å²) < 4.78 is 2.12. The third-order valence-corrected chi connectivity index (χ3v) is 5.19. The Balaban J connectivity index is 1.39. The molecule has 0 spiro atoms. The average Bonchev–Trinajstić information content (AvgIpc) is 3.40. The van der Waals surface area contributed by atoms with Gasteiger partial charge in [-0.05, 0) is 37.7 Å². The zero-order chi connectivity index (χ0) is 17.5. The van der Waals surface area contributed by atoms with Gasteiger partial charge in [0.2, 0.25) is 0 Å². The highest BCUT2D eigenvalue weighted by Gasteiger charge is 2.30. The number of nitrogens with one attached hydrogen (secondary N) is 1. The van der Waals surface area contributed by atoms with Crippen LogP contribution in [-0.2, 0) is 6.42 Å². The Morgan fingerprint density at radius 3 is 2.96 bits per heavy atom. The van der Waals surface area contributed by atoms with Crippen LogP contribution in [-0.4, -0.2) is 34.5 Å². The molecule has 0 amide bonds. The predicted molar refractivity (Wildman–Crippen MR) is 93.2 cm³/mol. The van der Waals surface area contributed by atoms with Crippen LogP contribution >= 0.6 is 0 Å². The second-order valence-electron chi connectivity index (χ2n) is 6.81. The molecule has 0 aliphatic heterocycles. The normalized spacial score (nSPS) is 20.0. The SMILES string of the molecule is N#Cc1cnc(C[C@@H]2CC[C@@H](c3nnc4cnc5[nH]ccc5n34)C2)cn1. The first-order valence-corrected chi connectivity index (χ1v) is 8.70. The summed E-state index contributed by atoms with van der Waals surface area (Å²) in [6.07, 6.45) is 11.1. The van der Waals surface area contributed by atoms with E-state index in [-0.39, 0.29) is 0 Å². The molecule has 1 aliphatic rings. The largest absolute Gasteiger partial charge is 0.345 e. The van der Waals surface area contributed by atoms with Crippen LogP contribution in [0.1, 0.15) is 42.4 Å². The molecule has 4 aromatic rings. The predicted octanol–water partition coefficient (Wildman–Crippen LogP) is 2.39. The van der Waals surface area contributed by atoms with E-state index in [2.05, 4.69) is 34.5 Å². The van der Waals surface area contributed by atoms with Crippen LogP contribution in [0.3, 0.4) is 0 Å². The van der Waals surface area contributed by atoms with Gasteiger partial charge in [0.1, 0.15) is 11.9 Å². The van der Waals surface area contributed by atoms with Crippen molar-refractivity contribution in [3.63, 3.8) is 0 Å². The number of nitriles is 1. The van der Waals surface area contributed by atoms with E-state index in [1.807, 2.05) is 18.3 Å². The van der Waals surface area contributed by atoms with Gasteiger partial charge < -0.3 is 4.98 Å². The van der Waals surface area contributed by atoms with Crippen molar-refractivity contribution in [3.05, 3.63) is 48.1 Å². The van der Waals surface area contributed by atoms with Crippen molar-refractivity contribution in [2.45, 2.75) is 31.6 Å².